The summed E-state index contributed by atoms with van der Waals surface area (Å²) in [5.41, 5.74) is 2.82. The Kier molecular flexibility index (Phi) is 14.6. The zero-order chi connectivity index (χ0) is 31.6. The molecule has 232 valence electrons. The molecule has 0 aliphatic rings. The molecule has 7 nitrogen and oxygen atoms in total. The van der Waals surface area contributed by atoms with Crippen LogP contribution in [-0.2, 0) is 32.0 Å². The third-order valence-electron chi connectivity index (χ3n) is 7.45. The average Bonchev–Trinajstić information content (AvgIpc) is 3.05. The third kappa shape index (κ3) is 11.7. The first-order chi connectivity index (χ1) is 21.4. The molecule has 0 spiro atoms. The SMILES string of the molecule is C=CCC[C@H](Cc1ccccc1)C(=O)OC[C@H](NC(=O)[C@H](CC=C)CC(=O)N[C@@H](CO)Cc1ccccc1)c1ccccc1. The average molecular weight is 597 g/mol. The van der Waals surface area contributed by atoms with Crippen LogP contribution in [0.3, 0.4) is 0 Å². The van der Waals surface area contributed by atoms with Crippen LogP contribution in [0, 0.1) is 11.8 Å². The first kappa shape index (κ1) is 34.0. The van der Waals surface area contributed by atoms with E-state index in [-0.39, 0.29) is 49.8 Å². The number of carbonyl (C=O) groups excluding carboxylic acids is 3. The van der Waals surface area contributed by atoms with Crippen LogP contribution in [-0.4, -0.2) is 42.1 Å². The first-order valence-electron chi connectivity index (χ1n) is 15.1. The summed E-state index contributed by atoms with van der Waals surface area (Å²) >= 11 is 0. The lowest BCUT2D eigenvalue weighted by atomic mass is 9.94. The Morgan fingerprint density at radius 1 is 0.773 bits per heavy atom. The number of hydrogen-bond donors (Lipinski definition) is 3. The Balaban J connectivity index is 1.66. The summed E-state index contributed by atoms with van der Waals surface area (Å²) in [6.07, 6.45) is 5.91. The maximum atomic E-state index is 13.5. The van der Waals surface area contributed by atoms with Crippen molar-refractivity contribution in [2.24, 2.45) is 11.8 Å². The van der Waals surface area contributed by atoms with E-state index in [2.05, 4.69) is 23.8 Å². The fraction of sp³-hybridized carbons (Fsp3) is 0.324. The Morgan fingerprint density at radius 3 is 1.93 bits per heavy atom. The standard InChI is InChI=1S/C37H44N2O5/c1-3-5-20-32(23-28-16-9-6-10-17-28)37(43)44-27-34(30-21-13-8-14-22-30)39-36(42)31(15-4-2)25-35(41)38-33(26-40)24-29-18-11-7-12-19-29/h3-4,6-14,16-19,21-22,31-34,40H,1-2,5,15,20,23-27H2,(H,38,41)(H,39,42)/t31-,32-,33-,34+/m1/s1. The van der Waals surface area contributed by atoms with Crippen molar-refractivity contribution in [1.82, 2.24) is 10.6 Å². The minimum Gasteiger partial charge on any atom is -0.463 e. The van der Waals surface area contributed by atoms with Gasteiger partial charge in [-0.2, -0.15) is 0 Å². The third-order valence-corrected chi connectivity index (χ3v) is 7.45. The van der Waals surface area contributed by atoms with Crippen LogP contribution in [0.25, 0.3) is 0 Å². The van der Waals surface area contributed by atoms with Crippen molar-refractivity contribution in [2.75, 3.05) is 13.2 Å². The van der Waals surface area contributed by atoms with E-state index in [0.29, 0.717) is 25.7 Å². The van der Waals surface area contributed by atoms with Crippen LogP contribution in [0.4, 0.5) is 0 Å². The molecule has 3 aromatic carbocycles. The molecule has 2 amide bonds. The van der Waals surface area contributed by atoms with Crippen molar-refractivity contribution in [3.05, 3.63) is 133 Å². The van der Waals surface area contributed by atoms with E-state index in [0.717, 1.165) is 16.7 Å². The molecule has 3 N–H and O–H groups in total. The highest BCUT2D eigenvalue weighted by atomic mass is 16.5. The Hall–Kier alpha value is -4.49. The van der Waals surface area contributed by atoms with Gasteiger partial charge in [-0.3, -0.25) is 14.4 Å². The molecule has 0 saturated carbocycles. The van der Waals surface area contributed by atoms with Crippen LogP contribution in [0.5, 0.6) is 0 Å². The van der Waals surface area contributed by atoms with Gasteiger partial charge in [-0.25, -0.2) is 0 Å². The number of carbonyl (C=O) groups is 3. The normalized spacial score (nSPS) is 13.5. The van der Waals surface area contributed by atoms with Gasteiger partial charge in [0.1, 0.15) is 6.61 Å². The van der Waals surface area contributed by atoms with Gasteiger partial charge in [-0.05, 0) is 48.8 Å². The molecule has 0 bridgehead atoms. The number of rotatable bonds is 19. The summed E-state index contributed by atoms with van der Waals surface area (Å²) in [5.74, 6) is -2.06. The largest absolute Gasteiger partial charge is 0.463 e. The van der Waals surface area contributed by atoms with Crippen LogP contribution in [0.1, 0.15) is 48.4 Å². The lowest BCUT2D eigenvalue weighted by Gasteiger charge is -2.24. The molecule has 0 aromatic heterocycles. The molecule has 3 aromatic rings. The van der Waals surface area contributed by atoms with E-state index in [4.69, 9.17) is 4.74 Å². The number of aliphatic hydroxyl groups is 1. The van der Waals surface area contributed by atoms with Gasteiger partial charge in [-0.1, -0.05) is 103 Å². The van der Waals surface area contributed by atoms with Crippen molar-refractivity contribution in [3.63, 3.8) is 0 Å². The molecule has 44 heavy (non-hydrogen) atoms. The van der Waals surface area contributed by atoms with Crippen molar-refractivity contribution < 1.29 is 24.2 Å². The van der Waals surface area contributed by atoms with Crippen LogP contribution < -0.4 is 10.6 Å². The predicted octanol–water partition coefficient (Wildman–Crippen LogP) is 5.51. The summed E-state index contributed by atoms with van der Waals surface area (Å²) in [4.78, 5) is 39.7. The summed E-state index contributed by atoms with van der Waals surface area (Å²) in [6, 6.07) is 27.6. The lowest BCUT2D eigenvalue weighted by Crippen LogP contribution is -2.42. The lowest BCUT2D eigenvalue weighted by molar-refractivity contribution is -0.150. The van der Waals surface area contributed by atoms with Crippen molar-refractivity contribution >= 4 is 17.8 Å². The number of amides is 2. The molecule has 0 radical (unpaired) electrons. The summed E-state index contributed by atoms with van der Waals surface area (Å²) in [6.45, 7) is 7.28. The van der Waals surface area contributed by atoms with Crippen LogP contribution in [0.2, 0.25) is 0 Å². The molecule has 0 heterocycles. The molecule has 0 fully saturated rings. The quantitative estimate of drug-likeness (QED) is 0.125. The van der Waals surface area contributed by atoms with Gasteiger partial charge in [0.25, 0.3) is 0 Å². The second kappa shape index (κ2) is 18.9. The fourth-order valence-electron chi connectivity index (χ4n) is 5.05. The minimum absolute atomic E-state index is 0.0510. The molecule has 0 unspecified atom stereocenters. The number of aliphatic hydroxyl groups excluding tert-OH is 1. The monoisotopic (exact) mass is 596 g/mol. The number of ether oxygens (including phenoxy) is 1. The van der Waals surface area contributed by atoms with Gasteiger partial charge in [0.05, 0.1) is 30.5 Å². The summed E-state index contributed by atoms with van der Waals surface area (Å²) in [7, 11) is 0. The second-order valence-electron chi connectivity index (χ2n) is 10.9. The fourth-order valence-corrected chi connectivity index (χ4v) is 5.05. The van der Waals surface area contributed by atoms with Gasteiger partial charge >= 0.3 is 5.97 Å². The van der Waals surface area contributed by atoms with E-state index in [1.807, 2.05) is 91.0 Å². The van der Waals surface area contributed by atoms with Gasteiger partial charge < -0.3 is 20.5 Å². The smallest absolute Gasteiger partial charge is 0.309 e. The summed E-state index contributed by atoms with van der Waals surface area (Å²) in [5, 5.41) is 15.7. The van der Waals surface area contributed by atoms with E-state index >= 15 is 0 Å². The highest BCUT2D eigenvalue weighted by molar-refractivity contribution is 5.86. The number of nitrogens with one attached hydrogen (secondary N) is 2. The highest BCUT2D eigenvalue weighted by Gasteiger charge is 2.27. The van der Waals surface area contributed by atoms with Crippen LogP contribution >= 0.6 is 0 Å². The molecular formula is C37H44N2O5. The topological polar surface area (TPSA) is 105 Å². The number of allylic oxidation sites excluding steroid dienone is 2. The molecule has 0 aliphatic heterocycles. The van der Waals surface area contributed by atoms with E-state index in [1.54, 1.807) is 12.2 Å². The second-order valence-corrected chi connectivity index (χ2v) is 10.9. The Labute approximate surface area is 261 Å². The van der Waals surface area contributed by atoms with Gasteiger partial charge in [0.15, 0.2) is 0 Å². The van der Waals surface area contributed by atoms with Crippen molar-refractivity contribution in [3.8, 4) is 0 Å². The highest BCUT2D eigenvalue weighted by Crippen LogP contribution is 2.20. The molecule has 7 heteroatoms. The molecule has 0 aliphatic carbocycles. The maximum absolute atomic E-state index is 13.5. The molecule has 3 rings (SSSR count). The molecule has 0 saturated heterocycles. The zero-order valence-corrected chi connectivity index (χ0v) is 25.3. The minimum atomic E-state index is -0.691. The van der Waals surface area contributed by atoms with Crippen molar-refractivity contribution in [1.29, 1.82) is 0 Å². The summed E-state index contributed by atoms with van der Waals surface area (Å²) < 4.78 is 5.82. The van der Waals surface area contributed by atoms with Crippen LogP contribution in [0.15, 0.2) is 116 Å². The Bertz CT molecular complexity index is 1310. The van der Waals surface area contributed by atoms with Gasteiger partial charge in [-0.15, -0.1) is 13.2 Å². The Morgan fingerprint density at radius 2 is 1.36 bits per heavy atom. The van der Waals surface area contributed by atoms with Gasteiger partial charge in [0, 0.05) is 6.42 Å². The number of benzene rings is 3. The van der Waals surface area contributed by atoms with Gasteiger partial charge in [0.2, 0.25) is 11.8 Å². The van der Waals surface area contributed by atoms with E-state index in [9.17, 15) is 19.5 Å². The number of esters is 1. The molecular weight excluding hydrogens is 552 g/mol. The maximum Gasteiger partial charge on any atom is 0.309 e. The zero-order valence-electron chi connectivity index (χ0n) is 25.3. The molecule has 4 atom stereocenters. The van der Waals surface area contributed by atoms with E-state index < -0.39 is 18.0 Å². The van der Waals surface area contributed by atoms with E-state index in [1.165, 1.54) is 0 Å². The number of hydrogen-bond acceptors (Lipinski definition) is 5. The predicted molar refractivity (Wildman–Crippen MR) is 173 cm³/mol. The first-order valence-corrected chi connectivity index (χ1v) is 15.1. The van der Waals surface area contributed by atoms with Crippen molar-refractivity contribution in [2.45, 2.75) is 50.6 Å².